The predicted molar refractivity (Wildman–Crippen MR) is 94.9 cm³/mol. The van der Waals surface area contributed by atoms with Gasteiger partial charge in [-0.15, -0.1) is 0 Å². The van der Waals surface area contributed by atoms with Crippen LogP contribution in [0, 0.1) is 6.92 Å². The normalized spacial score (nSPS) is 12.0. The minimum absolute atomic E-state index is 0.0795. The molecule has 0 spiro atoms. The molecule has 0 aliphatic heterocycles. The molecule has 0 saturated heterocycles. The van der Waals surface area contributed by atoms with Crippen LogP contribution in [0.3, 0.4) is 0 Å². The van der Waals surface area contributed by atoms with Crippen LogP contribution in [-0.4, -0.2) is 19.5 Å². The van der Waals surface area contributed by atoms with Gasteiger partial charge in [0.1, 0.15) is 5.75 Å². The van der Waals surface area contributed by atoms with E-state index in [1.54, 1.807) is 12.1 Å². The third-order valence-electron chi connectivity index (χ3n) is 3.65. The number of aromatic hydroxyl groups is 1. The summed E-state index contributed by atoms with van der Waals surface area (Å²) < 4.78 is 2.08. The SMILES string of the molecule is CCCCn1c(C)c(C(=O)SC(C)(C)C)c2cc(O)ccc21. The summed E-state index contributed by atoms with van der Waals surface area (Å²) >= 11 is 1.35. The van der Waals surface area contributed by atoms with Crippen LogP contribution >= 0.6 is 11.8 Å². The van der Waals surface area contributed by atoms with E-state index in [2.05, 4.69) is 11.5 Å². The van der Waals surface area contributed by atoms with Crippen LogP contribution in [0.2, 0.25) is 0 Å². The van der Waals surface area contributed by atoms with Gasteiger partial charge >= 0.3 is 0 Å². The molecule has 0 atom stereocenters. The van der Waals surface area contributed by atoms with E-state index in [1.807, 2.05) is 33.8 Å². The zero-order valence-electron chi connectivity index (χ0n) is 14.1. The molecule has 0 saturated carbocycles. The Labute approximate surface area is 136 Å². The molecule has 0 aliphatic rings. The highest BCUT2D eigenvalue weighted by molar-refractivity contribution is 8.15. The Bertz CT molecular complexity index is 695. The third-order valence-corrected chi connectivity index (χ3v) is 4.65. The van der Waals surface area contributed by atoms with Crippen molar-refractivity contribution in [2.45, 2.75) is 58.8 Å². The van der Waals surface area contributed by atoms with E-state index in [0.29, 0.717) is 0 Å². The van der Waals surface area contributed by atoms with Crippen molar-refractivity contribution in [3.05, 3.63) is 29.5 Å². The van der Waals surface area contributed by atoms with Gasteiger partial charge in [0.25, 0.3) is 0 Å². The monoisotopic (exact) mass is 319 g/mol. The summed E-state index contributed by atoms with van der Waals surface area (Å²) in [7, 11) is 0. The van der Waals surface area contributed by atoms with E-state index in [9.17, 15) is 9.90 Å². The van der Waals surface area contributed by atoms with Gasteiger partial charge in [-0.05, 0) is 31.5 Å². The van der Waals surface area contributed by atoms with Gasteiger partial charge in [-0.25, -0.2) is 0 Å². The van der Waals surface area contributed by atoms with E-state index in [-0.39, 0.29) is 15.6 Å². The van der Waals surface area contributed by atoms with Crippen LogP contribution in [0.15, 0.2) is 18.2 Å². The molecule has 2 rings (SSSR count). The topological polar surface area (TPSA) is 42.2 Å². The molecule has 0 radical (unpaired) electrons. The molecular formula is C18H25NO2S. The summed E-state index contributed by atoms with van der Waals surface area (Å²) in [6.45, 7) is 11.2. The number of phenolic OH excluding ortho intramolecular Hbond substituents is 1. The van der Waals surface area contributed by atoms with Crippen molar-refractivity contribution >= 4 is 27.8 Å². The van der Waals surface area contributed by atoms with Gasteiger partial charge in [0.05, 0.1) is 5.56 Å². The molecule has 1 heterocycles. The number of aromatic nitrogens is 1. The highest BCUT2D eigenvalue weighted by Crippen LogP contribution is 2.35. The van der Waals surface area contributed by atoms with Gasteiger partial charge in [-0.1, -0.05) is 45.9 Å². The highest BCUT2D eigenvalue weighted by atomic mass is 32.2. The minimum atomic E-state index is -0.127. The molecule has 1 N–H and O–H groups in total. The molecule has 120 valence electrons. The van der Waals surface area contributed by atoms with E-state index in [0.717, 1.165) is 41.5 Å². The zero-order chi connectivity index (χ0) is 16.5. The second-order valence-electron chi connectivity index (χ2n) is 6.67. The number of thioether (sulfide) groups is 1. The van der Waals surface area contributed by atoms with Crippen LogP contribution in [0.25, 0.3) is 10.9 Å². The number of phenols is 1. The summed E-state index contributed by atoms with van der Waals surface area (Å²) in [5, 5.41) is 10.8. The van der Waals surface area contributed by atoms with Crippen molar-refractivity contribution in [2.75, 3.05) is 0 Å². The minimum Gasteiger partial charge on any atom is -0.508 e. The fourth-order valence-corrected chi connectivity index (χ4v) is 3.58. The molecule has 4 heteroatoms. The molecule has 3 nitrogen and oxygen atoms in total. The molecule has 22 heavy (non-hydrogen) atoms. The number of aryl methyl sites for hydroxylation is 1. The number of fused-ring (bicyclic) bond motifs is 1. The van der Waals surface area contributed by atoms with Crippen LogP contribution in [0.4, 0.5) is 0 Å². The molecular weight excluding hydrogens is 294 g/mol. The van der Waals surface area contributed by atoms with E-state index >= 15 is 0 Å². The summed E-state index contributed by atoms with van der Waals surface area (Å²) in [5.74, 6) is 0.204. The van der Waals surface area contributed by atoms with Gasteiger partial charge in [0.15, 0.2) is 0 Å². The Kier molecular flexibility index (Phi) is 4.90. The van der Waals surface area contributed by atoms with Gasteiger partial charge in [0, 0.05) is 27.9 Å². The summed E-state index contributed by atoms with van der Waals surface area (Å²) in [6.07, 6.45) is 2.18. The fraction of sp³-hybridized carbons (Fsp3) is 0.500. The van der Waals surface area contributed by atoms with Crippen molar-refractivity contribution in [2.24, 2.45) is 0 Å². The first-order valence-electron chi connectivity index (χ1n) is 7.79. The smallest absolute Gasteiger partial charge is 0.222 e. The fourth-order valence-electron chi connectivity index (χ4n) is 2.66. The molecule has 1 aromatic carbocycles. The lowest BCUT2D eigenvalue weighted by Gasteiger charge is -2.16. The van der Waals surface area contributed by atoms with Crippen molar-refractivity contribution in [1.82, 2.24) is 4.57 Å². The van der Waals surface area contributed by atoms with Crippen LogP contribution in [-0.2, 0) is 6.54 Å². The number of carbonyl (C=O) groups is 1. The summed E-state index contributed by atoms with van der Waals surface area (Å²) in [6, 6.07) is 5.31. The lowest BCUT2D eigenvalue weighted by Crippen LogP contribution is -2.12. The Morgan fingerprint density at radius 3 is 2.59 bits per heavy atom. The van der Waals surface area contributed by atoms with E-state index in [4.69, 9.17) is 0 Å². The number of rotatable bonds is 4. The molecule has 0 unspecified atom stereocenters. The number of hydrogen-bond acceptors (Lipinski definition) is 3. The average molecular weight is 319 g/mol. The second-order valence-corrected chi connectivity index (χ2v) is 8.47. The Balaban J connectivity index is 2.59. The summed E-state index contributed by atoms with van der Waals surface area (Å²) in [5.41, 5.74) is 2.76. The summed E-state index contributed by atoms with van der Waals surface area (Å²) in [4.78, 5) is 12.8. The average Bonchev–Trinajstić information content (AvgIpc) is 2.65. The number of unbranched alkanes of at least 4 members (excludes halogenated alkanes) is 1. The van der Waals surface area contributed by atoms with Gasteiger partial charge in [0.2, 0.25) is 5.12 Å². The van der Waals surface area contributed by atoms with Crippen molar-refractivity contribution in [1.29, 1.82) is 0 Å². The molecule has 2 aromatic rings. The maximum Gasteiger partial charge on any atom is 0.222 e. The van der Waals surface area contributed by atoms with Gasteiger partial charge < -0.3 is 9.67 Å². The number of hydrogen-bond donors (Lipinski definition) is 1. The quantitative estimate of drug-likeness (QED) is 0.849. The first-order valence-corrected chi connectivity index (χ1v) is 8.61. The van der Waals surface area contributed by atoms with E-state index in [1.165, 1.54) is 11.8 Å². The maximum atomic E-state index is 12.8. The number of carbonyl (C=O) groups excluding carboxylic acids is 1. The largest absolute Gasteiger partial charge is 0.508 e. The molecule has 1 aromatic heterocycles. The standard InChI is InChI=1S/C18H25NO2S/c1-6-7-10-19-12(2)16(17(21)22-18(3,4)5)14-11-13(20)8-9-15(14)19/h8-9,11,20H,6-7,10H2,1-5H3. The Morgan fingerprint density at radius 2 is 2.00 bits per heavy atom. The van der Waals surface area contributed by atoms with Crippen LogP contribution in [0.1, 0.15) is 56.6 Å². The Morgan fingerprint density at radius 1 is 1.32 bits per heavy atom. The van der Waals surface area contributed by atoms with Crippen molar-refractivity contribution in [3.63, 3.8) is 0 Å². The predicted octanol–water partition coefficient (Wildman–Crippen LogP) is 5.13. The lowest BCUT2D eigenvalue weighted by molar-refractivity contribution is 0.108. The van der Waals surface area contributed by atoms with Crippen LogP contribution in [0.5, 0.6) is 5.75 Å². The Hall–Kier alpha value is -1.42. The first-order chi connectivity index (χ1) is 10.2. The number of nitrogens with zero attached hydrogens (tertiary/aromatic N) is 1. The van der Waals surface area contributed by atoms with Crippen molar-refractivity contribution in [3.8, 4) is 5.75 Å². The van der Waals surface area contributed by atoms with E-state index < -0.39 is 0 Å². The second kappa shape index (κ2) is 6.37. The lowest BCUT2D eigenvalue weighted by atomic mass is 10.1. The molecule has 0 bridgehead atoms. The molecule has 0 aliphatic carbocycles. The molecule has 0 amide bonds. The van der Waals surface area contributed by atoms with Crippen LogP contribution < -0.4 is 0 Å². The number of benzene rings is 1. The highest BCUT2D eigenvalue weighted by Gasteiger charge is 2.24. The van der Waals surface area contributed by atoms with Crippen molar-refractivity contribution < 1.29 is 9.90 Å². The molecule has 0 fully saturated rings. The first kappa shape index (κ1) is 16.9. The third kappa shape index (κ3) is 3.49. The zero-order valence-corrected chi connectivity index (χ0v) is 14.9. The van der Waals surface area contributed by atoms with Gasteiger partial charge in [-0.3, -0.25) is 4.79 Å². The maximum absolute atomic E-state index is 12.8. The van der Waals surface area contributed by atoms with Gasteiger partial charge in [-0.2, -0.15) is 0 Å².